The van der Waals surface area contributed by atoms with E-state index in [1.54, 1.807) is 18.7 Å². The zero-order chi connectivity index (χ0) is 43.2. The van der Waals surface area contributed by atoms with Crippen molar-refractivity contribution in [3.63, 3.8) is 0 Å². The Bertz CT molecular complexity index is 2430. The van der Waals surface area contributed by atoms with E-state index in [0.29, 0.717) is 43.0 Å². The third-order valence-electron chi connectivity index (χ3n) is 15.7. The lowest BCUT2D eigenvalue weighted by Crippen LogP contribution is -2.58. The SMILES string of the molecule is C[C@@H]1Cc2c([nH]c3ccccc23)[C@@H](c2cnc(N3CCC4(CCC(CN5CCN6c7cc8c(cc7OC[C@@H]6C5)C(=O)N(C5CCC(=O)NC5=O)C8)CC4)CC3)nc2)N1CC(C)(C)F. The van der Waals surface area contributed by atoms with Gasteiger partial charge in [0.05, 0.1) is 17.8 Å². The number of imide groups is 1. The van der Waals surface area contributed by atoms with Crippen molar-refractivity contribution in [2.45, 2.75) is 115 Å². The first-order valence-corrected chi connectivity index (χ1v) is 23.4. The van der Waals surface area contributed by atoms with Crippen LogP contribution in [0.1, 0.15) is 111 Å². The Morgan fingerprint density at radius 1 is 0.952 bits per heavy atom. The van der Waals surface area contributed by atoms with Gasteiger partial charge in [0.15, 0.2) is 0 Å². The van der Waals surface area contributed by atoms with E-state index in [1.807, 2.05) is 18.5 Å². The number of nitrogens with one attached hydrogen (secondary N) is 2. The predicted octanol–water partition coefficient (Wildman–Crippen LogP) is 6.16. The number of anilines is 2. The van der Waals surface area contributed by atoms with Crippen molar-refractivity contribution in [1.82, 2.24) is 35.0 Å². The van der Waals surface area contributed by atoms with Gasteiger partial charge >= 0.3 is 0 Å². The molecule has 4 atom stereocenters. The number of nitrogens with zero attached hydrogens (tertiary/aromatic N) is 7. The molecule has 0 radical (unpaired) electrons. The lowest BCUT2D eigenvalue weighted by atomic mass is 9.65. The minimum Gasteiger partial charge on any atom is -0.489 e. The summed E-state index contributed by atoms with van der Waals surface area (Å²) >= 11 is 0. The number of benzene rings is 2. The molecule has 332 valence electrons. The highest BCUT2D eigenvalue weighted by Crippen LogP contribution is 2.48. The molecule has 2 aromatic carbocycles. The number of alkyl halides is 1. The van der Waals surface area contributed by atoms with Crippen molar-refractivity contribution in [1.29, 1.82) is 0 Å². The number of hydrogen-bond acceptors (Lipinski definition) is 10. The number of aromatic nitrogens is 3. The van der Waals surface area contributed by atoms with Crippen molar-refractivity contribution in [3.05, 3.63) is 76.7 Å². The summed E-state index contributed by atoms with van der Waals surface area (Å²) in [6.07, 6.45) is 12.9. The Kier molecular flexibility index (Phi) is 10.1. The van der Waals surface area contributed by atoms with Crippen molar-refractivity contribution in [2.75, 3.05) is 62.2 Å². The Labute approximate surface area is 368 Å². The van der Waals surface area contributed by atoms with E-state index >= 15 is 4.39 Å². The summed E-state index contributed by atoms with van der Waals surface area (Å²) in [7, 11) is 0. The molecule has 63 heavy (non-hydrogen) atoms. The van der Waals surface area contributed by atoms with Gasteiger partial charge in [0.2, 0.25) is 17.8 Å². The second-order valence-electron chi connectivity index (χ2n) is 20.5. The first-order chi connectivity index (χ1) is 30.4. The van der Waals surface area contributed by atoms with Gasteiger partial charge in [0, 0.05) is 105 Å². The number of para-hydroxylation sites is 1. The van der Waals surface area contributed by atoms with Gasteiger partial charge in [-0.1, -0.05) is 18.2 Å². The summed E-state index contributed by atoms with van der Waals surface area (Å²) in [4.78, 5) is 62.8. The second-order valence-corrected chi connectivity index (χ2v) is 20.5. The monoisotopic (exact) mass is 857 g/mol. The highest BCUT2D eigenvalue weighted by Gasteiger charge is 2.44. The van der Waals surface area contributed by atoms with Crippen molar-refractivity contribution < 1.29 is 23.5 Å². The van der Waals surface area contributed by atoms with Crippen molar-refractivity contribution in [2.24, 2.45) is 11.3 Å². The molecule has 1 saturated carbocycles. The third-order valence-corrected chi connectivity index (χ3v) is 15.7. The van der Waals surface area contributed by atoms with Gasteiger partial charge in [0.25, 0.3) is 5.91 Å². The largest absolute Gasteiger partial charge is 0.489 e. The topological polar surface area (TPSA) is 130 Å². The number of aromatic amines is 1. The highest BCUT2D eigenvalue weighted by molar-refractivity contribution is 6.06. The summed E-state index contributed by atoms with van der Waals surface area (Å²) in [6, 6.07) is 12.1. The van der Waals surface area contributed by atoms with Gasteiger partial charge < -0.3 is 24.4 Å². The fraction of sp³-hybridized carbons (Fsp3) is 0.571. The summed E-state index contributed by atoms with van der Waals surface area (Å²) in [6.45, 7) is 12.8. The van der Waals surface area contributed by atoms with E-state index in [1.165, 1.54) is 49.5 Å². The van der Waals surface area contributed by atoms with E-state index in [-0.39, 0.29) is 42.3 Å². The third kappa shape index (κ3) is 7.44. The van der Waals surface area contributed by atoms with Crippen LogP contribution in [0.5, 0.6) is 5.75 Å². The Balaban J connectivity index is 0.686. The van der Waals surface area contributed by atoms with E-state index in [4.69, 9.17) is 14.7 Å². The number of halogens is 1. The molecule has 3 saturated heterocycles. The molecule has 6 aliphatic heterocycles. The van der Waals surface area contributed by atoms with Crippen LogP contribution in [0, 0.1) is 11.3 Å². The molecule has 14 heteroatoms. The second kappa shape index (κ2) is 15.6. The van der Waals surface area contributed by atoms with E-state index < -0.39 is 11.7 Å². The van der Waals surface area contributed by atoms with Crippen LogP contribution < -0.4 is 19.9 Å². The number of rotatable bonds is 7. The van der Waals surface area contributed by atoms with Gasteiger partial charge in [0.1, 0.15) is 24.1 Å². The maximum Gasteiger partial charge on any atom is 0.255 e. The molecule has 8 heterocycles. The summed E-state index contributed by atoms with van der Waals surface area (Å²) < 4.78 is 21.6. The number of H-pyrrole nitrogens is 1. The van der Waals surface area contributed by atoms with Gasteiger partial charge in [-0.2, -0.15) is 0 Å². The molecule has 1 aliphatic carbocycles. The fourth-order valence-electron chi connectivity index (χ4n) is 12.4. The number of piperazine rings is 1. The number of piperidine rings is 2. The van der Waals surface area contributed by atoms with Crippen LogP contribution in [-0.4, -0.2) is 124 Å². The van der Waals surface area contributed by atoms with Gasteiger partial charge in [-0.3, -0.25) is 29.5 Å². The molecule has 2 N–H and O–H groups in total. The number of ether oxygens (including phenoxy) is 1. The molecule has 4 aromatic rings. The molecule has 11 rings (SSSR count). The molecule has 1 unspecified atom stereocenters. The maximum atomic E-state index is 15.3. The van der Waals surface area contributed by atoms with Crippen LogP contribution in [0.25, 0.3) is 10.9 Å². The van der Waals surface area contributed by atoms with E-state index in [0.717, 1.165) is 85.4 Å². The molecule has 7 aliphatic rings. The minimum absolute atomic E-state index is 0.146. The fourth-order valence-corrected chi connectivity index (χ4v) is 12.4. The molecular formula is C49H60FN9O4. The average molecular weight is 858 g/mol. The number of hydrogen-bond donors (Lipinski definition) is 2. The van der Waals surface area contributed by atoms with E-state index in [9.17, 15) is 14.4 Å². The molecule has 0 bridgehead atoms. The first kappa shape index (κ1) is 40.7. The number of carbonyl (C=O) groups excluding carboxylic acids is 3. The summed E-state index contributed by atoms with van der Waals surface area (Å²) in [5.41, 5.74) is 6.18. The van der Waals surface area contributed by atoms with Crippen LogP contribution in [-0.2, 0) is 22.6 Å². The highest BCUT2D eigenvalue weighted by atomic mass is 19.1. The Morgan fingerprint density at radius 2 is 1.73 bits per heavy atom. The quantitative estimate of drug-likeness (QED) is 0.209. The van der Waals surface area contributed by atoms with Crippen LogP contribution in [0.4, 0.5) is 16.0 Å². The Morgan fingerprint density at radius 3 is 2.49 bits per heavy atom. The molecule has 1 spiro atoms. The van der Waals surface area contributed by atoms with Crippen molar-refractivity contribution >= 4 is 40.3 Å². The van der Waals surface area contributed by atoms with E-state index in [2.05, 4.69) is 67.2 Å². The molecule has 3 amide bonds. The zero-order valence-corrected chi connectivity index (χ0v) is 36.9. The normalized spacial score (nSPS) is 26.7. The van der Waals surface area contributed by atoms with Crippen LogP contribution in [0.15, 0.2) is 48.8 Å². The lowest BCUT2D eigenvalue weighted by molar-refractivity contribution is -0.136. The minimum atomic E-state index is -1.34. The van der Waals surface area contributed by atoms with Gasteiger partial charge in [-0.15, -0.1) is 0 Å². The molecule has 2 aromatic heterocycles. The standard InChI is InChI=1S/C49H60FN9O4/c1-30-20-37-35-6-4-5-7-38(35)53-43(37)44(59(30)29-48(2,3)50)33-23-51-47(52-24-33)56-16-14-49(15-17-56)12-10-31(11-13-49)25-55-18-19-57-34(27-55)28-63-41-22-36-32(21-40(41)57)26-58(46(36)62)39-8-9-42(60)54-45(39)61/h4-7,21-24,30-31,34,39,44,53H,8-20,25-29H2,1-3H3,(H,54,60,61)/t30-,34+,39?,44-/m1/s1. The zero-order valence-electron chi connectivity index (χ0n) is 36.9. The first-order valence-electron chi connectivity index (χ1n) is 23.4. The molecule has 13 nitrogen and oxygen atoms in total. The van der Waals surface area contributed by atoms with Crippen LogP contribution >= 0.6 is 0 Å². The lowest BCUT2D eigenvalue weighted by Gasteiger charge is -2.48. The van der Waals surface area contributed by atoms with Crippen LogP contribution in [0.2, 0.25) is 0 Å². The smallest absolute Gasteiger partial charge is 0.255 e. The van der Waals surface area contributed by atoms with Gasteiger partial charge in [-0.25, -0.2) is 14.4 Å². The van der Waals surface area contributed by atoms with Crippen LogP contribution in [0.3, 0.4) is 0 Å². The number of carbonyl (C=O) groups is 3. The molecular weight excluding hydrogens is 798 g/mol. The Hall–Kier alpha value is -5.08. The summed E-state index contributed by atoms with van der Waals surface area (Å²) in [5, 5.41) is 3.64. The summed E-state index contributed by atoms with van der Waals surface area (Å²) in [5.74, 6) is 1.40. The average Bonchev–Trinajstić information content (AvgIpc) is 3.80. The number of amides is 3. The maximum absolute atomic E-state index is 15.3. The van der Waals surface area contributed by atoms with Crippen molar-refractivity contribution in [3.8, 4) is 5.75 Å². The number of fused-ring (bicyclic) bond motifs is 7. The van der Waals surface area contributed by atoms with Gasteiger partial charge in [-0.05, 0) is 113 Å². The predicted molar refractivity (Wildman–Crippen MR) is 239 cm³/mol. The molecule has 4 fully saturated rings.